The van der Waals surface area contributed by atoms with Gasteiger partial charge in [-0.25, -0.2) is 9.59 Å². The number of methoxy groups -OCH3 is 1. The summed E-state index contributed by atoms with van der Waals surface area (Å²) in [5.74, 6) is -2.01. The minimum absolute atomic E-state index is 0.0724. The van der Waals surface area contributed by atoms with E-state index < -0.39 is 28.9 Å². The lowest BCUT2D eigenvalue weighted by Crippen LogP contribution is -2.50. The number of nitrogens with zero attached hydrogens (tertiary/aromatic N) is 2. The second kappa shape index (κ2) is 15.0. The average molecular weight is 559 g/mol. The van der Waals surface area contributed by atoms with Crippen molar-refractivity contribution in [2.24, 2.45) is 5.92 Å². The molecule has 0 fully saturated rings. The predicted molar refractivity (Wildman–Crippen MR) is 151 cm³/mol. The quantitative estimate of drug-likeness (QED) is 0.147. The van der Waals surface area contributed by atoms with Crippen LogP contribution in [0.2, 0.25) is 0 Å². The van der Waals surface area contributed by atoms with Crippen LogP contribution in [0.1, 0.15) is 78.2 Å². The van der Waals surface area contributed by atoms with Gasteiger partial charge in [0.1, 0.15) is 11.8 Å². The molecule has 1 aliphatic heterocycles. The summed E-state index contributed by atoms with van der Waals surface area (Å²) in [7, 11) is 2.95. The highest BCUT2D eigenvalue weighted by Crippen LogP contribution is 2.40. The van der Waals surface area contributed by atoms with Gasteiger partial charge >= 0.3 is 12.1 Å². The van der Waals surface area contributed by atoms with Gasteiger partial charge < -0.3 is 25.0 Å². The molecule has 1 heterocycles. The molecule has 220 valence electrons. The summed E-state index contributed by atoms with van der Waals surface area (Å²) in [5.41, 5.74) is 1.24. The van der Waals surface area contributed by atoms with Gasteiger partial charge in [0.15, 0.2) is 0 Å². The molecule has 0 aliphatic carbocycles. The van der Waals surface area contributed by atoms with Gasteiger partial charge in [0.25, 0.3) is 5.69 Å². The first kappa shape index (κ1) is 32.3. The molecule has 0 bridgehead atoms. The molecule has 11 heteroatoms. The summed E-state index contributed by atoms with van der Waals surface area (Å²) in [5, 5.41) is 17.2. The van der Waals surface area contributed by atoms with E-state index >= 15 is 0 Å². The first-order valence-corrected chi connectivity index (χ1v) is 13.7. The first-order valence-electron chi connectivity index (χ1n) is 13.7. The Morgan fingerprint density at radius 1 is 1.12 bits per heavy atom. The molecule has 2 atom stereocenters. The molecular weight excluding hydrogens is 516 g/mol. The van der Waals surface area contributed by atoms with E-state index in [9.17, 15) is 24.5 Å². The molecule has 0 saturated carbocycles. The van der Waals surface area contributed by atoms with Crippen LogP contribution in [0.3, 0.4) is 0 Å². The molecule has 2 amide bonds. The number of alkyl carbamates (subject to hydrolysis) is 1. The van der Waals surface area contributed by atoms with E-state index in [2.05, 4.69) is 17.6 Å². The second-order valence-electron chi connectivity index (χ2n) is 10.4. The summed E-state index contributed by atoms with van der Waals surface area (Å²) in [6.45, 7) is 9.73. The number of ether oxygens (including phenoxy) is 2. The Morgan fingerprint density at radius 2 is 1.80 bits per heavy atom. The van der Waals surface area contributed by atoms with Crippen LogP contribution in [-0.2, 0) is 19.1 Å². The van der Waals surface area contributed by atoms with Crippen LogP contribution in [0.25, 0.3) is 0 Å². The van der Waals surface area contributed by atoms with Crippen molar-refractivity contribution in [1.82, 2.24) is 15.5 Å². The van der Waals surface area contributed by atoms with E-state index in [1.165, 1.54) is 25.3 Å². The van der Waals surface area contributed by atoms with Gasteiger partial charge in [-0.05, 0) is 31.7 Å². The summed E-state index contributed by atoms with van der Waals surface area (Å²) >= 11 is 0. The van der Waals surface area contributed by atoms with Crippen LogP contribution in [0.5, 0.6) is 0 Å². The molecule has 0 radical (unpaired) electrons. The van der Waals surface area contributed by atoms with Crippen molar-refractivity contribution in [3.8, 4) is 0 Å². The smallest absolute Gasteiger partial charge is 0.413 e. The van der Waals surface area contributed by atoms with Crippen LogP contribution < -0.4 is 10.6 Å². The third-order valence-corrected chi connectivity index (χ3v) is 6.90. The molecule has 40 heavy (non-hydrogen) atoms. The number of dihydropyridines is 1. The molecule has 1 aliphatic rings. The average Bonchev–Trinajstić information content (AvgIpc) is 2.91. The van der Waals surface area contributed by atoms with Crippen LogP contribution >= 0.6 is 0 Å². The number of unbranched alkanes of at least 4 members (excludes halogenated alkanes) is 4. The Hall–Kier alpha value is -3.89. The van der Waals surface area contributed by atoms with E-state index in [4.69, 9.17) is 9.47 Å². The molecule has 0 aromatic heterocycles. The third-order valence-electron chi connectivity index (χ3n) is 6.90. The highest BCUT2D eigenvalue weighted by atomic mass is 16.6. The van der Waals surface area contributed by atoms with Gasteiger partial charge in [0, 0.05) is 31.4 Å². The Bertz CT molecular complexity index is 1160. The number of carbonyl (C=O) groups excluding carboxylic acids is 3. The number of likely N-dealkylation sites (N-methyl/N-ethyl adjacent to an activating group) is 1. The topological polar surface area (TPSA) is 140 Å². The number of carbonyl (C=O) groups is 3. The van der Waals surface area contributed by atoms with Crippen molar-refractivity contribution in [2.75, 3.05) is 20.7 Å². The van der Waals surface area contributed by atoms with E-state index in [1.807, 2.05) is 13.8 Å². The predicted octanol–water partition coefficient (Wildman–Crippen LogP) is 5.14. The lowest BCUT2D eigenvalue weighted by atomic mass is 9.85. The minimum atomic E-state index is -0.960. The van der Waals surface area contributed by atoms with Crippen LogP contribution in [0.15, 0.2) is 47.0 Å². The van der Waals surface area contributed by atoms with Gasteiger partial charge in [0.05, 0.1) is 29.2 Å². The van der Waals surface area contributed by atoms with Crippen molar-refractivity contribution < 1.29 is 28.8 Å². The van der Waals surface area contributed by atoms with E-state index in [-0.39, 0.29) is 28.8 Å². The fourth-order valence-corrected chi connectivity index (χ4v) is 4.70. The van der Waals surface area contributed by atoms with Crippen molar-refractivity contribution in [1.29, 1.82) is 0 Å². The highest BCUT2D eigenvalue weighted by Gasteiger charge is 2.37. The number of hydrogen-bond acceptors (Lipinski definition) is 8. The molecule has 11 nitrogen and oxygen atoms in total. The van der Waals surface area contributed by atoms with Crippen molar-refractivity contribution >= 4 is 23.7 Å². The maximum absolute atomic E-state index is 13.2. The number of nitro benzene ring substituents is 1. The summed E-state index contributed by atoms with van der Waals surface area (Å²) in [6, 6.07) is 4.94. The fourth-order valence-electron chi connectivity index (χ4n) is 4.70. The third kappa shape index (κ3) is 8.30. The first-order chi connectivity index (χ1) is 18.9. The number of allylic oxidation sites excluding steroid dienone is 3. The number of esters is 1. The standard InChI is InChI=1S/C29H42N4O7/c1-8-9-10-11-12-16-32(6)27(34)25(18(2)3)31-29(36)40-26-20(5)30-19(4)23(28(35)39-7)24(26)21-14-13-15-22(17-21)33(37)38/h13-15,17-18,24-25,30H,8-12,16H2,1-7H3,(H,31,36). The number of rotatable bonds is 13. The molecule has 0 spiro atoms. The van der Waals surface area contributed by atoms with Gasteiger partial charge in [-0.15, -0.1) is 0 Å². The SMILES string of the molecule is CCCCCCCN(C)C(=O)C(NC(=O)OC1=C(C)NC(C)=C(C(=O)OC)C1c1cccc([N+](=O)[O-])c1)C(C)C. The van der Waals surface area contributed by atoms with E-state index in [1.54, 1.807) is 31.9 Å². The van der Waals surface area contributed by atoms with E-state index in [0.717, 1.165) is 32.1 Å². The number of nitrogens with one attached hydrogen (secondary N) is 2. The lowest BCUT2D eigenvalue weighted by molar-refractivity contribution is -0.384. The number of amides is 2. The Morgan fingerprint density at radius 3 is 2.40 bits per heavy atom. The zero-order chi connectivity index (χ0) is 30.0. The second-order valence-corrected chi connectivity index (χ2v) is 10.4. The Kier molecular flexibility index (Phi) is 12.2. The maximum Gasteiger partial charge on any atom is 0.413 e. The maximum atomic E-state index is 13.2. The van der Waals surface area contributed by atoms with Crippen LogP contribution in [0.4, 0.5) is 10.5 Å². The van der Waals surface area contributed by atoms with Gasteiger partial charge in [-0.1, -0.05) is 58.6 Å². The molecule has 2 rings (SSSR count). The van der Waals surface area contributed by atoms with E-state index in [0.29, 0.717) is 23.5 Å². The largest absolute Gasteiger partial charge is 0.466 e. The van der Waals surface area contributed by atoms with Crippen LogP contribution in [0, 0.1) is 16.0 Å². The fraction of sp³-hybridized carbons (Fsp3) is 0.552. The van der Waals surface area contributed by atoms with Crippen LogP contribution in [-0.4, -0.2) is 54.5 Å². The van der Waals surface area contributed by atoms with Crippen molar-refractivity contribution in [3.05, 3.63) is 62.7 Å². The van der Waals surface area contributed by atoms with Gasteiger partial charge in [-0.3, -0.25) is 14.9 Å². The van der Waals surface area contributed by atoms with Gasteiger partial charge in [-0.2, -0.15) is 0 Å². The number of hydrogen-bond donors (Lipinski definition) is 2. The normalized spacial score (nSPS) is 15.8. The number of benzene rings is 1. The Labute approximate surface area is 236 Å². The molecule has 2 N–H and O–H groups in total. The molecular formula is C29H42N4O7. The van der Waals surface area contributed by atoms with Crippen molar-refractivity contribution in [2.45, 2.75) is 78.7 Å². The summed E-state index contributed by atoms with van der Waals surface area (Å²) in [6.07, 6.45) is 4.45. The zero-order valence-corrected chi connectivity index (χ0v) is 24.5. The van der Waals surface area contributed by atoms with Crippen molar-refractivity contribution in [3.63, 3.8) is 0 Å². The number of non-ortho nitro benzene ring substituents is 1. The number of nitro groups is 1. The van der Waals surface area contributed by atoms with Gasteiger partial charge in [0.2, 0.25) is 5.91 Å². The summed E-state index contributed by atoms with van der Waals surface area (Å²) < 4.78 is 10.8. The Balaban J connectivity index is 2.32. The summed E-state index contributed by atoms with van der Waals surface area (Å²) in [4.78, 5) is 51.8. The molecule has 1 aromatic carbocycles. The monoisotopic (exact) mass is 558 g/mol. The highest BCUT2D eigenvalue weighted by molar-refractivity contribution is 5.93. The molecule has 2 unspecified atom stereocenters. The minimum Gasteiger partial charge on any atom is -0.466 e. The molecule has 0 saturated heterocycles. The zero-order valence-electron chi connectivity index (χ0n) is 24.5. The lowest BCUT2D eigenvalue weighted by Gasteiger charge is -2.31. The molecule has 1 aromatic rings.